The number of carbonyl (C=O) groups excluding carboxylic acids is 2. The van der Waals surface area contributed by atoms with Crippen LogP contribution in [0, 0.1) is 0 Å². The van der Waals surface area contributed by atoms with Crippen LogP contribution >= 0.6 is 0 Å². The van der Waals surface area contributed by atoms with E-state index in [4.69, 9.17) is 0 Å². The first-order valence-corrected chi connectivity index (χ1v) is 1.99. The van der Waals surface area contributed by atoms with Crippen LogP contribution < -0.4 is 0 Å². The second-order valence-electron chi connectivity index (χ2n) is 1.33. The zero-order valence-corrected chi connectivity index (χ0v) is 3.88. The summed E-state index contributed by atoms with van der Waals surface area (Å²) in [5.74, 6) is 0. The Morgan fingerprint density at radius 1 is 2.00 bits per heavy atom. The molecule has 1 unspecified atom stereocenters. The molecule has 0 saturated carbocycles. The molecule has 38 valence electrons. The molecule has 1 heterocycles. The molecule has 3 heteroatoms. The summed E-state index contributed by atoms with van der Waals surface area (Å²) in [5, 5.41) is 0. The third kappa shape index (κ3) is 0.765. The van der Waals surface area contributed by atoms with Gasteiger partial charge in [0.05, 0.1) is 0 Å². The highest BCUT2D eigenvalue weighted by Crippen LogP contribution is 1.93. The number of hydrogen-bond donors (Lipinski definition) is 0. The first kappa shape index (κ1) is 4.30. The summed E-state index contributed by atoms with van der Waals surface area (Å²) in [5.41, 5.74) is 0. The summed E-state index contributed by atoms with van der Waals surface area (Å²) in [4.78, 5) is 9.98. The molecule has 0 aliphatic carbocycles. The molecule has 0 aromatic rings. The summed E-state index contributed by atoms with van der Waals surface area (Å²) in [7, 11) is 0. The molecule has 0 saturated heterocycles. The SMILES string of the molecule is CC1C=[O+]C(=O)O1. The van der Waals surface area contributed by atoms with Crippen molar-refractivity contribution >= 4 is 12.4 Å². The molecule has 0 aromatic heterocycles. The highest BCUT2D eigenvalue weighted by Gasteiger charge is 2.27. The monoisotopic (exact) mass is 101 g/mol. The topological polar surface area (TPSA) is 37.6 Å². The maximum Gasteiger partial charge on any atom is 0.784 e. The van der Waals surface area contributed by atoms with Gasteiger partial charge in [0, 0.05) is 4.79 Å². The highest BCUT2D eigenvalue weighted by atomic mass is 16.7. The fourth-order valence-electron chi connectivity index (χ4n) is 0.359. The second-order valence-corrected chi connectivity index (χ2v) is 1.33. The fraction of sp³-hybridized carbons (Fsp3) is 0.500. The Balaban J connectivity index is 2.58. The quantitative estimate of drug-likeness (QED) is 0.249. The molecule has 0 N–H and O–H groups in total. The molecule has 7 heavy (non-hydrogen) atoms. The minimum Gasteiger partial charge on any atom is -0.303 e. The molecule has 0 spiro atoms. The Labute approximate surface area is 40.6 Å². The molecule has 1 aliphatic heterocycles. The van der Waals surface area contributed by atoms with Gasteiger partial charge in [0.25, 0.3) is 0 Å². The summed E-state index contributed by atoms with van der Waals surface area (Å²) in [6, 6.07) is 0. The van der Waals surface area contributed by atoms with Crippen LogP contribution in [0.3, 0.4) is 0 Å². The molecule has 1 aliphatic rings. The number of carbonyl (C=O) groups is 1. The standard InChI is InChI=1S/C4H5O3/c1-3-2-6-4(5)7-3/h2-3H,1H3/q+1. The molecule has 0 aromatic carbocycles. The van der Waals surface area contributed by atoms with Gasteiger partial charge in [-0.3, -0.25) is 4.42 Å². The highest BCUT2D eigenvalue weighted by molar-refractivity contribution is 5.72. The Morgan fingerprint density at radius 2 is 2.71 bits per heavy atom. The third-order valence-electron chi connectivity index (χ3n) is 0.638. The Bertz CT molecular complexity index is 116. The van der Waals surface area contributed by atoms with Gasteiger partial charge in [0.2, 0.25) is 12.4 Å². The maximum absolute atomic E-state index is 9.98. The lowest BCUT2D eigenvalue weighted by Crippen LogP contribution is -2.02. The average molecular weight is 101 g/mol. The predicted octanol–water partition coefficient (Wildman–Crippen LogP) is 0.260. The Kier molecular flexibility index (Phi) is 0.817. The normalized spacial score (nSPS) is 28.1. The molecule has 0 fully saturated rings. The zero-order chi connectivity index (χ0) is 5.28. The van der Waals surface area contributed by atoms with Crippen LogP contribution in [0.4, 0.5) is 4.79 Å². The van der Waals surface area contributed by atoms with E-state index >= 15 is 0 Å². The first-order chi connectivity index (χ1) is 3.29. The van der Waals surface area contributed by atoms with E-state index in [0.717, 1.165) is 0 Å². The van der Waals surface area contributed by atoms with Crippen molar-refractivity contribution in [2.75, 3.05) is 0 Å². The fourth-order valence-corrected chi connectivity index (χ4v) is 0.359. The predicted molar refractivity (Wildman–Crippen MR) is 22.0 cm³/mol. The van der Waals surface area contributed by atoms with Crippen LogP contribution in [0.15, 0.2) is 0 Å². The molecule has 0 bridgehead atoms. The Hall–Kier alpha value is -0.860. The van der Waals surface area contributed by atoms with E-state index in [0.29, 0.717) is 0 Å². The summed E-state index contributed by atoms with van der Waals surface area (Å²) >= 11 is 0. The van der Waals surface area contributed by atoms with Gasteiger partial charge in [-0.1, -0.05) is 0 Å². The van der Waals surface area contributed by atoms with Crippen molar-refractivity contribution < 1.29 is 14.0 Å². The van der Waals surface area contributed by atoms with E-state index in [2.05, 4.69) is 9.16 Å². The van der Waals surface area contributed by atoms with Crippen LogP contribution in [0.1, 0.15) is 6.92 Å². The van der Waals surface area contributed by atoms with Gasteiger partial charge in [-0.25, -0.2) is 0 Å². The Morgan fingerprint density at radius 3 is 2.86 bits per heavy atom. The van der Waals surface area contributed by atoms with Gasteiger partial charge < -0.3 is 4.74 Å². The van der Waals surface area contributed by atoms with E-state index in [9.17, 15) is 4.79 Å². The van der Waals surface area contributed by atoms with Crippen molar-refractivity contribution in [2.45, 2.75) is 13.0 Å². The van der Waals surface area contributed by atoms with E-state index in [1.807, 2.05) is 0 Å². The van der Waals surface area contributed by atoms with Crippen LogP contribution in [-0.4, -0.2) is 18.5 Å². The lowest BCUT2D eigenvalue weighted by molar-refractivity contribution is -0.345. The lowest BCUT2D eigenvalue weighted by Gasteiger charge is -1.78. The van der Waals surface area contributed by atoms with Crippen molar-refractivity contribution in [3.05, 3.63) is 0 Å². The van der Waals surface area contributed by atoms with Crippen molar-refractivity contribution in [3.8, 4) is 0 Å². The summed E-state index contributed by atoms with van der Waals surface area (Å²) < 4.78 is 8.72. The lowest BCUT2D eigenvalue weighted by atomic mass is 10.5. The van der Waals surface area contributed by atoms with E-state index in [1.165, 1.54) is 6.29 Å². The van der Waals surface area contributed by atoms with Gasteiger partial charge in [0.15, 0.2) is 0 Å². The van der Waals surface area contributed by atoms with Crippen LogP contribution in [0.5, 0.6) is 0 Å². The molecular weight excluding hydrogens is 96.0 g/mol. The third-order valence-corrected chi connectivity index (χ3v) is 0.638. The molecular formula is C4H5O3+. The molecule has 1 rings (SSSR count). The van der Waals surface area contributed by atoms with Crippen molar-refractivity contribution in [3.63, 3.8) is 0 Å². The van der Waals surface area contributed by atoms with Crippen molar-refractivity contribution in [1.29, 1.82) is 0 Å². The van der Waals surface area contributed by atoms with Crippen molar-refractivity contribution in [2.24, 2.45) is 0 Å². The average Bonchev–Trinajstić information content (AvgIpc) is 1.87. The minimum atomic E-state index is -0.604. The van der Waals surface area contributed by atoms with Crippen LogP contribution in [-0.2, 0) is 9.16 Å². The number of aldehydes is 1. The molecule has 0 amide bonds. The number of ether oxygens (including phenoxy) is 1. The van der Waals surface area contributed by atoms with E-state index in [1.54, 1.807) is 6.92 Å². The van der Waals surface area contributed by atoms with Crippen LogP contribution in [0.25, 0.3) is 0 Å². The van der Waals surface area contributed by atoms with Gasteiger partial charge in [-0.2, -0.15) is 0 Å². The second kappa shape index (κ2) is 1.33. The molecule has 0 radical (unpaired) electrons. The maximum atomic E-state index is 9.98. The van der Waals surface area contributed by atoms with Gasteiger partial charge in [-0.05, 0) is 6.92 Å². The number of hydrogen-bond acceptors (Lipinski definition) is 2. The van der Waals surface area contributed by atoms with E-state index in [-0.39, 0.29) is 6.10 Å². The van der Waals surface area contributed by atoms with Crippen LogP contribution in [0.2, 0.25) is 0 Å². The van der Waals surface area contributed by atoms with Gasteiger partial charge in [0.1, 0.15) is 0 Å². The van der Waals surface area contributed by atoms with Gasteiger partial charge in [-0.15, -0.1) is 0 Å². The minimum absolute atomic E-state index is 0.174. The van der Waals surface area contributed by atoms with E-state index < -0.39 is 6.16 Å². The number of cyclic esters (lactones) is 1. The molecule has 1 atom stereocenters. The van der Waals surface area contributed by atoms with Gasteiger partial charge >= 0.3 is 6.16 Å². The molecule has 3 nitrogen and oxygen atoms in total. The first-order valence-electron chi connectivity index (χ1n) is 1.99. The van der Waals surface area contributed by atoms with Crippen molar-refractivity contribution in [1.82, 2.24) is 0 Å². The number of rotatable bonds is 0. The smallest absolute Gasteiger partial charge is 0.303 e. The summed E-state index contributed by atoms with van der Waals surface area (Å²) in [6.07, 6.45) is 0.572. The largest absolute Gasteiger partial charge is 0.784 e. The zero-order valence-electron chi connectivity index (χ0n) is 3.88. The summed E-state index contributed by atoms with van der Waals surface area (Å²) in [6.45, 7) is 1.73.